The lowest BCUT2D eigenvalue weighted by Crippen LogP contribution is -2.31. The number of hydrogen-bond acceptors (Lipinski definition) is 6. The van der Waals surface area contributed by atoms with Gasteiger partial charge in [-0.25, -0.2) is 9.59 Å². The molecule has 0 aliphatic carbocycles. The van der Waals surface area contributed by atoms with Crippen molar-refractivity contribution < 1.29 is 38.9 Å². The van der Waals surface area contributed by atoms with Crippen LogP contribution in [0.3, 0.4) is 0 Å². The minimum Gasteiger partial charge on any atom is -0.478 e. The summed E-state index contributed by atoms with van der Waals surface area (Å²) in [5.41, 5.74) is 1.37. The first-order chi connectivity index (χ1) is 14.3. The fourth-order valence-electron chi connectivity index (χ4n) is 2.65. The Morgan fingerprint density at radius 2 is 0.967 bits per heavy atom. The lowest BCUT2D eigenvalue weighted by Gasteiger charge is -2.15. The summed E-state index contributed by atoms with van der Waals surface area (Å²) in [6.45, 7) is 0. The third kappa shape index (κ3) is 7.75. The summed E-state index contributed by atoms with van der Waals surface area (Å²) in [7, 11) is 0. The van der Waals surface area contributed by atoms with Crippen LogP contribution in [0.25, 0.3) is 0 Å². The predicted molar refractivity (Wildman–Crippen MR) is 105 cm³/mol. The number of carboxylic acid groups (broad SMARTS) is 2. The van der Waals surface area contributed by atoms with Gasteiger partial charge >= 0.3 is 23.9 Å². The van der Waals surface area contributed by atoms with E-state index in [9.17, 15) is 29.4 Å². The average Bonchev–Trinajstić information content (AvgIpc) is 2.72. The molecule has 2 rings (SSSR count). The standard InChI is InChI=1S/C22H22O8/c23-19(29-17(21(25)26)13-15-7-3-1-4-8-15)11-12-20(24)30-18(22(27)28)14-16-9-5-2-6-10-16/h1-10,17-18H,11-14H2,(H,25,26)(H,27,28). The van der Waals surface area contributed by atoms with Gasteiger partial charge in [0.15, 0.2) is 0 Å². The lowest BCUT2D eigenvalue weighted by molar-refractivity contribution is -0.167. The fraction of sp³-hybridized carbons (Fsp3) is 0.273. The Balaban J connectivity index is 1.83. The van der Waals surface area contributed by atoms with Gasteiger partial charge in [-0.1, -0.05) is 60.7 Å². The molecule has 30 heavy (non-hydrogen) atoms. The van der Waals surface area contributed by atoms with E-state index >= 15 is 0 Å². The topological polar surface area (TPSA) is 127 Å². The van der Waals surface area contributed by atoms with Crippen molar-refractivity contribution in [2.24, 2.45) is 0 Å². The Bertz CT molecular complexity index is 790. The number of carbonyl (C=O) groups is 4. The van der Waals surface area contributed by atoms with Gasteiger partial charge in [-0.3, -0.25) is 9.59 Å². The number of ether oxygens (including phenoxy) is 2. The van der Waals surface area contributed by atoms with E-state index in [0.717, 1.165) is 0 Å². The Kier molecular flexibility index (Phi) is 8.56. The molecule has 8 heteroatoms. The van der Waals surface area contributed by atoms with Crippen molar-refractivity contribution >= 4 is 23.9 Å². The number of hydrogen-bond donors (Lipinski definition) is 2. The third-order valence-electron chi connectivity index (χ3n) is 4.16. The monoisotopic (exact) mass is 414 g/mol. The Labute approximate surface area is 173 Å². The van der Waals surface area contributed by atoms with E-state index < -0.39 is 48.9 Å². The fourth-order valence-corrected chi connectivity index (χ4v) is 2.65. The van der Waals surface area contributed by atoms with Crippen LogP contribution in [-0.2, 0) is 41.5 Å². The third-order valence-corrected chi connectivity index (χ3v) is 4.16. The smallest absolute Gasteiger partial charge is 0.345 e. The highest BCUT2D eigenvalue weighted by molar-refractivity contribution is 5.82. The molecule has 2 unspecified atom stereocenters. The summed E-state index contributed by atoms with van der Waals surface area (Å²) < 4.78 is 9.90. The molecule has 0 heterocycles. The van der Waals surface area contributed by atoms with E-state index in [1.54, 1.807) is 60.7 Å². The number of carboxylic acids is 2. The molecule has 0 radical (unpaired) electrons. The van der Waals surface area contributed by atoms with Gasteiger partial charge in [0.25, 0.3) is 0 Å². The Morgan fingerprint density at radius 1 is 0.633 bits per heavy atom. The first-order valence-electron chi connectivity index (χ1n) is 9.27. The molecule has 0 spiro atoms. The van der Waals surface area contributed by atoms with Crippen molar-refractivity contribution in [3.63, 3.8) is 0 Å². The van der Waals surface area contributed by atoms with Gasteiger partial charge in [0, 0.05) is 12.8 Å². The Hall–Kier alpha value is -3.68. The quantitative estimate of drug-likeness (QED) is 0.536. The molecular weight excluding hydrogens is 392 g/mol. The van der Waals surface area contributed by atoms with Gasteiger partial charge in [-0.15, -0.1) is 0 Å². The van der Waals surface area contributed by atoms with Gasteiger partial charge < -0.3 is 19.7 Å². The van der Waals surface area contributed by atoms with E-state index in [1.807, 2.05) is 0 Å². The predicted octanol–water partition coefficient (Wildman–Crippen LogP) is 2.24. The second-order valence-electron chi connectivity index (χ2n) is 6.51. The number of carbonyl (C=O) groups excluding carboxylic acids is 2. The zero-order valence-corrected chi connectivity index (χ0v) is 16.1. The molecule has 0 aromatic heterocycles. The van der Waals surface area contributed by atoms with Crippen LogP contribution in [0.2, 0.25) is 0 Å². The minimum atomic E-state index is -1.39. The van der Waals surface area contributed by atoms with Crippen LogP contribution in [0.5, 0.6) is 0 Å². The van der Waals surface area contributed by atoms with Crippen LogP contribution in [0, 0.1) is 0 Å². The molecule has 0 aliphatic heterocycles. The van der Waals surface area contributed by atoms with Crippen LogP contribution < -0.4 is 0 Å². The second-order valence-corrected chi connectivity index (χ2v) is 6.51. The summed E-state index contributed by atoms with van der Waals surface area (Å²) >= 11 is 0. The molecule has 2 atom stereocenters. The average molecular weight is 414 g/mol. The van der Waals surface area contributed by atoms with Crippen molar-refractivity contribution in [3.05, 3.63) is 71.8 Å². The molecule has 0 bridgehead atoms. The number of benzene rings is 2. The molecule has 2 aromatic rings. The van der Waals surface area contributed by atoms with Crippen LogP contribution in [0.15, 0.2) is 60.7 Å². The molecular formula is C22H22O8. The van der Waals surface area contributed by atoms with Gasteiger partial charge in [0.2, 0.25) is 12.2 Å². The molecule has 0 fully saturated rings. The maximum Gasteiger partial charge on any atom is 0.345 e. The summed E-state index contributed by atoms with van der Waals surface area (Å²) in [6.07, 6.45) is -3.64. The van der Waals surface area contributed by atoms with Gasteiger partial charge in [-0.05, 0) is 11.1 Å². The highest BCUT2D eigenvalue weighted by atomic mass is 16.6. The molecule has 2 N–H and O–H groups in total. The molecule has 0 saturated carbocycles. The van der Waals surface area contributed by atoms with Crippen molar-refractivity contribution in [3.8, 4) is 0 Å². The summed E-state index contributed by atoms with van der Waals surface area (Å²) in [5.74, 6) is -4.37. The van der Waals surface area contributed by atoms with Crippen molar-refractivity contribution in [2.75, 3.05) is 0 Å². The molecule has 0 aliphatic rings. The van der Waals surface area contributed by atoms with E-state index in [-0.39, 0.29) is 12.8 Å². The van der Waals surface area contributed by atoms with Crippen LogP contribution >= 0.6 is 0 Å². The zero-order chi connectivity index (χ0) is 21.9. The Morgan fingerprint density at radius 3 is 1.27 bits per heavy atom. The number of esters is 2. The van der Waals surface area contributed by atoms with E-state index in [4.69, 9.17) is 9.47 Å². The first-order valence-corrected chi connectivity index (χ1v) is 9.27. The molecule has 158 valence electrons. The lowest BCUT2D eigenvalue weighted by atomic mass is 10.1. The van der Waals surface area contributed by atoms with Gasteiger partial charge in [0.1, 0.15) is 0 Å². The first kappa shape index (κ1) is 22.6. The van der Waals surface area contributed by atoms with Crippen LogP contribution in [0.4, 0.5) is 0 Å². The zero-order valence-electron chi connectivity index (χ0n) is 16.1. The molecule has 8 nitrogen and oxygen atoms in total. The second kappa shape index (κ2) is 11.4. The minimum absolute atomic E-state index is 0.00940. The highest BCUT2D eigenvalue weighted by Gasteiger charge is 2.25. The van der Waals surface area contributed by atoms with Gasteiger partial charge in [0.05, 0.1) is 12.8 Å². The van der Waals surface area contributed by atoms with Crippen LogP contribution in [0.1, 0.15) is 24.0 Å². The van der Waals surface area contributed by atoms with Crippen molar-refractivity contribution in [2.45, 2.75) is 37.9 Å². The van der Waals surface area contributed by atoms with E-state index in [2.05, 4.69) is 0 Å². The van der Waals surface area contributed by atoms with Crippen molar-refractivity contribution in [1.82, 2.24) is 0 Å². The molecule has 2 aromatic carbocycles. The summed E-state index contributed by atoms with van der Waals surface area (Å²) in [5, 5.41) is 18.5. The highest BCUT2D eigenvalue weighted by Crippen LogP contribution is 2.11. The van der Waals surface area contributed by atoms with E-state index in [0.29, 0.717) is 11.1 Å². The van der Waals surface area contributed by atoms with Gasteiger partial charge in [-0.2, -0.15) is 0 Å². The summed E-state index contributed by atoms with van der Waals surface area (Å²) in [6, 6.07) is 17.3. The number of aliphatic carboxylic acids is 2. The van der Waals surface area contributed by atoms with Crippen LogP contribution in [-0.4, -0.2) is 46.3 Å². The molecule has 0 amide bonds. The maximum atomic E-state index is 12.0. The maximum absolute atomic E-state index is 12.0. The normalized spacial score (nSPS) is 12.4. The molecule has 0 saturated heterocycles. The van der Waals surface area contributed by atoms with E-state index in [1.165, 1.54) is 0 Å². The SMILES string of the molecule is O=C(CCC(=O)OC(Cc1ccccc1)C(=O)O)OC(Cc1ccccc1)C(=O)O. The summed E-state index contributed by atoms with van der Waals surface area (Å²) in [4.78, 5) is 46.6. The largest absolute Gasteiger partial charge is 0.478 e. The number of rotatable bonds is 11. The van der Waals surface area contributed by atoms with Crippen molar-refractivity contribution in [1.29, 1.82) is 0 Å².